The average Bonchev–Trinajstić information content (AvgIpc) is 2.84. The Kier molecular flexibility index (Phi) is 5.17. The molecule has 0 saturated carbocycles. The van der Waals surface area contributed by atoms with Gasteiger partial charge in [0, 0.05) is 31.1 Å². The molecule has 0 aromatic carbocycles. The second kappa shape index (κ2) is 7.52. The van der Waals surface area contributed by atoms with Crippen LogP contribution in [-0.4, -0.2) is 61.1 Å². The Hall–Kier alpha value is -0.950. The predicted octanol–water partition coefficient (Wildman–Crippen LogP) is 1.68. The van der Waals surface area contributed by atoms with Crippen molar-refractivity contribution < 1.29 is 9.53 Å². The van der Waals surface area contributed by atoms with Crippen molar-refractivity contribution in [2.24, 2.45) is 5.92 Å². The van der Waals surface area contributed by atoms with E-state index in [9.17, 15) is 4.79 Å². The van der Waals surface area contributed by atoms with Crippen molar-refractivity contribution in [3.8, 4) is 0 Å². The first-order valence-electron chi connectivity index (χ1n) is 9.15. The number of hydrogen-bond acceptors (Lipinski definition) is 5. The van der Waals surface area contributed by atoms with Gasteiger partial charge >= 0.3 is 0 Å². The lowest BCUT2D eigenvalue weighted by atomic mass is 10.1. The molecule has 2 bridgehead atoms. The van der Waals surface area contributed by atoms with Crippen molar-refractivity contribution in [2.45, 2.75) is 38.4 Å². The summed E-state index contributed by atoms with van der Waals surface area (Å²) in [5.41, 5.74) is 1.45. The van der Waals surface area contributed by atoms with Gasteiger partial charge in [0.05, 0.1) is 25.2 Å². The molecule has 0 aliphatic carbocycles. The second-order valence-corrected chi connectivity index (χ2v) is 8.39. The second-order valence-electron chi connectivity index (χ2n) is 7.39. The quantitative estimate of drug-likeness (QED) is 0.898. The molecule has 24 heavy (non-hydrogen) atoms. The van der Waals surface area contributed by atoms with Crippen molar-refractivity contribution >= 4 is 17.2 Å². The van der Waals surface area contributed by atoms with Gasteiger partial charge in [-0.05, 0) is 42.9 Å². The summed E-state index contributed by atoms with van der Waals surface area (Å²) in [5.74, 6) is 0.141. The minimum atomic E-state index is -0.0229. The Morgan fingerprint density at radius 1 is 1.12 bits per heavy atom. The highest BCUT2D eigenvalue weighted by Gasteiger charge is 2.33. The molecule has 1 amide bonds. The van der Waals surface area contributed by atoms with Crippen LogP contribution < -0.4 is 5.32 Å². The first-order valence-corrected chi connectivity index (χ1v) is 10.0. The summed E-state index contributed by atoms with van der Waals surface area (Å²) >= 11 is 1.86. The Labute approximate surface area is 148 Å². The van der Waals surface area contributed by atoms with Gasteiger partial charge in [0.1, 0.15) is 0 Å². The average molecular weight is 350 g/mol. The summed E-state index contributed by atoms with van der Waals surface area (Å²) in [4.78, 5) is 18.5. The zero-order chi connectivity index (χ0) is 16.4. The van der Waals surface area contributed by atoms with E-state index in [2.05, 4.69) is 26.6 Å². The lowest BCUT2D eigenvalue weighted by Crippen LogP contribution is -2.41. The van der Waals surface area contributed by atoms with E-state index >= 15 is 0 Å². The highest BCUT2D eigenvalue weighted by atomic mass is 32.1. The number of nitrogens with zero attached hydrogens (tertiary/aromatic N) is 2. The van der Waals surface area contributed by atoms with Gasteiger partial charge in [-0.1, -0.05) is 6.42 Å². The molecule has 3 saturated heterocycles. The Morgan fingerprint density at radius 3 is 2.88 bits per heavy atom. The van der Waals surface area contributed by atoms with E-state index in [0.29, 0.717) is 13.2 Å². The number of hydrogen-bond donors (Lipinski definition) is 1. The number of carbonyl (C=O) groups is 1. The van der Waals surface area contributed by atoms with Crippen molar-refractivity contribution in [2.75, 3.05) is 39.4 Å². The molecule has 2 atom stereocenters. The van der Waals surface area contributed by atoms with Crippen LogP contribution in [0, 0.1) is 5.92 Å². The number of amides is 1. The smallest absolute Gasteiger partial charge is 0.227 e. The Bertz CT molecular complexity index is 570. The highest BCUT2D eigenvalue weighted by Crippen LogP contribution is 2.22. The van der Waals surface area contributed by atoms with E-state index in [0.717, 1.165) is 26.2 Å². The zero-order valence-corrected chi connectivity index (χ0v) is 15.0. The van der Waals surface area contributed by atoms with Crippen molar-refractivity contribution in [3.05, 3.63) is 21.9 Å². The summed E-state index contributed by atoms with van der Waals surface area (Å²) in [6, 6.07) is 2.50. The van der Waals surface area contributed by atoms with E-state index in [1.165, 1.54) is 42.8 Å². The van der Waals surface area contributed by atoms with Crippen LogP contribution in [0.25, 0.3) is 0 Å². The van der Waals surface area contributed by atoms with Crippen LogP contribution in [0.5, 0.6) is 0 Å². The topological polar surface area (TPSA) is 44.8 Å². The number of likely N-dealkylation sites (tertiary alicyclic amines) is 1. The fraction of sp³-hybridized carbons (Fsp3) is 0.722. The van der Waals surface area contributed by atoms with Crippen LogP contribution >= 0.6 is 11.3 Å². The molecule has 3 aliphatic rings. The van der Waals surface area contributed by atoms with Crippen molar-refractivity contribution in [3.63, 3.8) is 0 Å². The highest BCUT2D eigenvalue weighted by molar-refractivity contribution is 7.10. The van der Waals surface area contributed by atoms with Gasteiger partial charge < -0.3 is 10.1 Å². The van der Waals surface area contributed by atoms with Crippen LogP contribution in [0.15, 0.2) is 11.4 Å². The Balaban J connectivity index is 1.36. The number of ether oxygens (including phenoxy) is 1. The number of rotatable bonds is 4. The molecule has 6 heteroatoms. The molecule has 4 heterocycles. The minimum absolute atomic E-state index is 0.0229. The molecular weight excluding hydrogens is 322 g/mol. The van der Waals surface area contributed by atoms with E-state index in [1.54, 1.807) is 0 Å². The third-order valence-electron chi connectivity index (χ3n) is 5.25. The van der Waals surface area contributed by atoms with Crippen LogP contribution in [0.3, 0.4) is 0 Å². The summed E-state index contributed by atoms with van der Waals surface area (Å²) < 4.78 is 5.61. The monoisotopic (exact) mass is 349 g/mol. The van der Waals surface area contributed by atoms with Crippen LogP contribution in [0.4, 0.5) is 0 Å². The van der Waals surface area contributed by atoms with Gasteiger partial charge in [0.15, 0.2) is 0 Å². The maximum Gasteiger partial charge on any atom is 0.227 e. The van der Waals surface area contributed by atoms with E-state index < -0.39 is 0 Å². The van der Waals surface area contributed by atoms with E-state index in [1.807, 2.05) is 11.3 Å². The molecule has 0 spiro atoms. The molecule has 1 N–H and O–H groups in total. The third-order valence-corrected chi connectivity index (χ3v) is 6.23. The van der Waals surface area contributed by atoms with Crippen LogP contribution in [0.2, 0.25) is 0 Å². The van der Waals surface area contributed by atoms with Crippen molar-refractivity contribution in [1.29, 1.82) is 0 Å². The maximum absolute atomic E-state index is 12.1. The summed E-state index contributed by atoms with van der Waals surface area (Å²) in [6.45, 7) is 7.43. The molecule has 1 aromatic rings. The van der Waals surface area contributed by atoms with Gasteiger partial charge in [-0.15, -0.1) is 11.3 Å². The molecule has 5 nitrogen and oxygen atoms in total. The van der Waals surface area contributed by atoms with Gasteiger partial charge in [-0.25, -0.2) is 0 Å². The van der Waals surface area contributed by atoms with E-state index in [-0.39, 0.29) is 17.9 Å². The lowest BCUT2D eigenvalue weighted by Gasteiger charge is -2.27. The minimum Gasteiger partial charge on any atom is -0.378 e. The molecule has 3 aliphatic heterocycles. The number of nitrogens with one attached hydrogen (secondary N) is 1. The fourth-order valence-corrected chi connectivity index (χ4v) is 4.96. The van der Waals surface area contributed by atoms with Crippen LogP contribution in [-0.2, 0) is 22.6 Å². The molecule has 3 fully saturated rings. The largest absolute Gasteiger partial charge is 0.378 e. The van der Waals surface area contributed by atoms with E-state index in [4.69, 9.17) is 4.74 Å². The third kappa shape index (κ3) is 3.99. The standard InChI is InChI=1S/C18H27N3O2S/c22-18-15-8-21(9-16(19-18)12-23-11-15)10-17-6-14(13-24-17)7-20-4-2-1-3-5-20/h6,13,15-16H,1-5,7-12H2,(H,19,22)/t15-,16+/m1/s1. The van der Waals surface area contributed by atoms with Crippen LogP contribution in [0.1, 0.15) is 29.7 Å². The van der Waals surface area contributed by atoms with Crippen molar-refractivity contribution in [1.82, 2.24) is 15.1 Å². The summed E-state index contributed by atoms with van der Waals surface area (Å²) in [6.07, 6.45) is 4.08. The molecular formula is C18H27N3O2S. The number of thiophene rings is 1. The number of fused-ring (bicyclic) bond motifs is 3. The molecule has 0 unspecified atom stereocenters. The first kappa shape index (κ1) is 16.5. The first-order chi connectivity index (χ1) is 11.8. The van der Waals surface area contributed by atoms with Gasteiger partial charge in [0.25, 0.3) is 0 Å². The van der Waals surface area contributed by atoms with Gasteiger partial charge in [-0.2, -0.15) is 0 Å². The normalized spacial score (nSPS) is 29.2. The summed E-state index contributed by atoms with van der Waals surface area (Å²) in [5, 5.41) is 5.42. The predicted molar refractivity (Wildman–Crippen MR) is 95.0 cm³/mol. The zero-order valence-electron chi connectivity index (χ0n) is 14.2. The molecule has 0 radical (unpaired) electrons. The van der Waals surface area contributed by atoms with Gasteiger partial charge in [0.2, 0.25) is 5.91 Å². The molecule has 132 valence electrons. The fourth-order valence-electron chi connectivity index (χ4n) is 4.04. The SMILES string of the molecule is O=C1N[C@@H]2COC[C@H]1CN(Cc1cc(CN3CCCCC3)cs1)C2. The number of carbonyl (C=O) groups excluding carboxylic acids is 1. The number of piperidine rings is 1. The summed E-state index contributed by atoms with van der Waals surface area (Å²) in [7, 11) is 0. The van der Waals surface area contributed by atoms with Gasteiger partial charge in [-0.3, -0.25) is 14.6 Å². The Morgan fingerprint density at radius 2 is 2.00 bits per heavy atom. The molecule has 1 aromatic heterocycles. The lowest BCUT2D eigenvalue weighted by molar-refractivity contribution is -0.125. The maximum atomic E-state index is 12.1. The molecule has 4 rings (SSSR count).